The van der Waals surface area contributed by atoms with Gasteiger partial charge < -0.3 is 15.0 Å². The van der Waals surface area contributed by atoms with Crippen LogP contribution in [0.4, 0.5) is 13.2 Å². The van der Waals surface area contributed by atoms with E-state index < -0.39 is 18.0 Å². The van der Waals surface area contributed by atoms with E-state index >= 15 is 0 Å². The van der Waals surface area contributed by atoms with Crippen molar-refractivity contribution in [3.8, 4) is 0 Å². The van der Waals surface area contributed by atoms with E-state index in [0.29, 0.717) is 12.0 Å². The minimum Gasteiger partial charge on any atom is -0.370 e. The van der Waals surface area contributed by atoms with Crippen LogP contribution in [0, 0.1) is 17.8 Å². The first-order chi connectivity index (χ1) is 15.7. The van der Waals surface area contributed by atoms with Gasteiger partial charge in [-0.3, -0.25) is 4.79 Å². The third kappa shape index (κ3) is 4.59. The number of hydrogen-bond acceptors (Lipinski definition) is 4. The first-order valence-corrected chi connectivity index (χ1v) is 13.4. The number of nitrogens with zero attached hydrogens (tertiary/aromatic N) is 1. The van der Waals surface area contributed by atoms with Crippen LogP contribution >= 0.6 is 11.3 Å². The highest BCUT2D eigenvalue weighted by Gasteiger charge is 2.50. The van der Waals surface area contributed by atoms with E-state index in [1.807, 2.05) is 11.3 Å². The predicted octanol–water partition coefficient (Wildman–Crippen LogP) is 5.05. The van der Waals surface area contributed by atoms with Crippen LogP contribution in [0.15, 0.2) is 6.07 Å². The first-order valence-electron chi connectivity index (χ1n) is 12.5. The largest absolute Gasteiger partial charge is 0.391 e. The van der Waals surface area contributed by atoms with Crippen molar-refractivity contribution in [2.45, 2.75) is 89.1 Å². The molecule has 1 saturated heterocycles. The van der Waals surface area contributed by atoms with Gasteiger partial charge in [0.25, 0.3) is 0 Å². The third-order valence-corrected chi connectivity index (χ3v) is 9.84. The lowest BCUT2D eigenvalue weighted by molar-refractivity contribution is -0.204. The van der Waals surface area contributed by atoms with Crippen LogP contribution in [0.3, 0.4) is 0 Å². The summed E-state index contributed by atoms with van der Waals surface area (Å²) in [4.78, 5) is 17.8. The molecule has 1 spiro atoms. The van der Waals surface area contributed by atoms with E-state index in [2.05, 4.69) is 30.1 Å². The predicted molar refractivity (Wildman–Crippen MR) is 122 cm³/mol. The summed E-state index contributed by atoms with van der Waals surface area (Å²) < 4.78 is 44.4. The molecule has 4 aliphatic rings. The molecule has 1 aromatic heterocycles. The third-order valence-electron chi connectivity index (χ3n) is 8.50. The number of halogens is 3. The van der Waals surface area contributed by atoms with Gasteiger partial charge in [0, 0.05) is 47.3 Å². The monoisotopic (exact) mass is 484 g/mol. The molecule has 2 atom stereocenters. The molecule has 33 heavy (non-hydrogen) atoms. The molecule has 1 aromatic rings. The van der Waals surface area contributed by atoms with Gasteiger partial charge in [0.1, 0.15) is 0 Å². The van der Waals surface area contributed by atoms with E-state index in [0.717, 1.165) is 58.2 Å². The number of rotatable bonds is 5. The number of piperidine rings is 1. The molecule has 0 unspecified atom stereocenters. The molecule has 2 aliphatic heterocycles. The maximum Gasteiger partial charge on any atom is 0.391 e. The molecule has 4 nitrogen and oxygen atoms in total. The number of alkyl halides is 3. The molecule has 1 amide bonds. The molecular formula is C25H35F3N2O2S. The van der Waals surface area contributed by atoms with Crippen LogP contribution in [0.5, 0.6) is 0 Å². The highest BCUT2D eigenvalue weighted by atomic mass is 32.1. The Kier molecular flexibility index (Phi) is 6.32. The normalized spacial score (nSPS) is 36.7. The van der Waals surface area contributed by atoms with Crippen LogP contribution in [0.2, 0.25) is 0 Å². The fraction of sp³-hybridized carbons (Fsp3) is 0.800. The highest BCUT2D eigenvalue weighted by molar-refractivity contribution is 7.12. The Bertz CT molecular complexity index is 875. The Hall–Kier alpha value is -1.12. The van der Waals surface area contributed by atoms with Gasteiger partial charge in [-0.25, -0.2) is 0 Å². The number of nitrogens with one attached hydrogen (secondary N) is 1. The van der Waals surface area contributed by atoms with Crippen LogP contribution in [-0.4, -0.2) is 48.8 Å². The molecule has 184 valence electrons. The molecule has 8 heteroatoms. The summed E-state index contributed by atoms with van der Waals surface area (Å²) in [6, 6.07) is 2.96. The van der Waals surface area contributed by atoms with Gasteiger partial charge in [-0.1, -0.05) is 6.92 Å². The number of fused-ring (bicyclic) bond motifs is 2. The van der Waals surface area contributed by atoms with E-state index in [1.165, 1.54) is 15.3 Å². The number of thiophene rings is 1. The summed E-state index contributed by atoms with van der Waals surface area (Å²) in [5.41, 5.74) is 1.32. The van der Waals surface area contributed by atoms with Crippen molar-refractivity contribution in [1.82, 2.24) is 10.2 Å². The second-order valence-corrected chi connectivity index (χ2v) is 12.0. The van der Waals surface area contributed by atoms with Crippen molar-refractivity contribution in [2.24, 2.45) is 17.8 Å². The van der Waals surface area contributed by atoms with Crippen LogP contribution in [-0.2, 0) is 28.0 Å². The van der Waals surface area contributed by atoms with Crippen LogP contribution < -0.4 is 5.32 Å². The summed E-state index contributed by atoms with van der Waals surface area (Å²) in [7, 11) is 0. The summed E-state index contributed by atoms with van der Waals surface area (Å²) >= 11 is 1.96. The Morgan fingerprint density at radius 2 is 2.06 bits per heavy atom. The maximum atomic E-state index is 12.6. The van der Waals surface area contributed by atoms with Crippen molar-refractivity contribution in [2.75, 3.05) is 19.7 Å². The number of hydrogen-bond donors (Lipinski definition) is 1. The van der Waals surface area contributed by atoms with Gasteiger partial charge in [0.2, 0.25) is 5.91 Å². The average Bonchev–Trinajstić information content (AvgIpc) is 3.11. The van der Waals surface area contributed by atoms with E-state index in [9.17, 15) is 18.0 Å². The van der Waals surface area contributed by atoms with Crippen molar-refractivity contribution < 1.29 is 22.7 Å². The van der Waals surface area contributed by atoms with Gasteiger partial charge in [-0.2, -0.15) is 13.2 Å². The molecule has 3 heterocycles. The quantitative estimate of drug-likeness (QED) is 0.636. The standard InChI is InChI=1S/C25H35F3N2O2S/c1-3-20-12-21-22(33-20)4-7-32-24(21)5-6-30(15(2)13-24)14-16-8-19(9-16)29-23(31)17-10-18(11-17)25(26,27)28/h12,15-19H,3-11,13-14H2,1-2H3,(H,29,31)/t15-,16?,17?,18?,19?,24+/m0/s1. The lowest BCUT2D eigenvalue weighted by atomic mass is 9.73. The second kappa shape index (κ2) is 8.83. The zero-order chi connectivity index (χ0) is 23.4. The van der Waals surface area contributed by atoms with Crippen molar-refractivity contribution >= 4 is 17.2 Å². The molecule has 3 fully saturated rings. The number of ether oxygens (including phenoxy) is 1. The van der Waals surface area contributed by atoms with E-state index in [4.69, 9.17) is 4.74 Å². The van der Waals surface area contributed by atoms with Gasteiger partial charge in [0.05, 0.1) is 18.1 Å². The number of carbonyl (C=O) groups excluding carboxylic acids is 1. The zero-order valence-corrected chi connectivity index (χ0v) is 20.4. The summed E-state index contributed by atoms with van der Waals surface area (Å²) in [5.74, 6) is -1.38. The summed E-state index contributed by atoms with van der Waals surface area (Å²) in [5, 5.41) is 2.99. The molecule has 0 aromatic carbocycles. The number of likely N-dealkylation sites (tertiary alicyclic amines) is 1. The fourth-order valence-electron chi connectivity index (χ4n) is 6.30. The Balaban J connectivity index is 1.08. The molecule has 2 aliphatic carbocycles. The van der Waals surface area contributed by atoms with Gasteiger partial charge in [-0.15, -0.1) is 11.3 Å². The molecule has 0 radical (unpaired) electrons. The van der Waals surface area contributed by atoms with E-state index in [-0.39, 0.29) is 30.4 Å². The minimum atomic E-state index is -4.16. The van der Waals surface area contributed by atoms with Crippen molar-refractivity contribution in [3.63, 3.8) is 0 Å². The molecule has 1 N–H and O–H groups in total. The van der Waals surface area contributed by atoms with Crippen molar-refractivity contribution in [1.29, 1.82) is 0 Å². The maximum absolute atomic E-state index is 12.6. The Morgan fingerprint density at radius 3 is 2.73 bits per heavy atom. The minimum absolute atomic E-state index is 0.0494. The average molecular weight is 485 g/mol. The van der Waals surface area contributed by atoms with Gasteiger partial charge in [-0.05, 0) is 69.4 Å². The lowest BCUT2D eigenvalue weighted by Gasteiger charge is -2.49. The number of aryl methyl sites for hydroxylation is 1. The summed E-state index contributed by atoms with van der Waals surface area (Å²) in [6.45, 7) is 7.39. The number of carbonyl (C=O) groups is 1. The first kappa shape index (κ1) is 23.6. The molecule has 2 saturated carbocycles. The topological polar surface area (TPSA) is 41.6 Å². The van der Waals surface area contributed by atoms with Crippen LogP contribution in [0.1, 0.15) is 67.7 Å². The second-order valence-electron chi connectivity index (χ2n) is 10.7. The molecule has 0 bridgehead atoms. The Labute approximate surface area is 198 Å². The SMILES string of the molecule is CCc1cc2c(s1)CCO[C@@]21CCN(CC2CC(NC(=O)C3CC(C(F)(F)F)C3)C2)[C@@H](C)C1. The fourth-order valence-corrected chi connectivity index (χ4v) is 7.48. The highest BCUT2D eigenvalue weighted by Crippen LogP contribution is 2.47. The van der Waals surface area contributed by atoms with Crippen LogP contribution in [0.25, 0.3) is 0 Å². The molecular weight excluding hydrogens is 449 g/mol. The molecule has 5 rings (SSSR count). The summed E-state index contributed by atoms with van der Waals surface area (Å²) in [6.07, 6.45) is 1.77. The smallest absolute Gasteiger partial charge is 0.370 e. The Morgan fingerprint density at radius 1 is 1.30 bits per heavy atom. The van der Waals surface area contributed by atoms with Crippen molar-refractivity contribution in [3.05, 3.63) is 21.4 Å². The van der Waals surface area contributed by atoms with Gasteiger partial charge in [0.15, 0.2) is 0 Å². The van der Waals surface area contributed by atoms with Gasteiger partial charge >= 0.3 is 6.18 Å². The lowest BCUT2D eigenvalue weighted by Crippen LogP contribution is -2.55. The number of amides is 1. The van der Waals surface area contributed by atoms with E-state index in [1.54, 1.807) is 0 Å². The zero-order valence-electron chi connectivity index (χ0n) is 19.5.